The maximum atomic E-state index is 12.9. The maximum Gasteiger partial charge on any atom is 0.241 e. The minimum absolute atomic E-state index is 0.240. The van der Waals surface area contributed by atoms with E-state index in [4.69, 9.17) is 0 Å². The zero-order valence-corrected chi connectivity index (χ0v) is 19.4. The molecule has 4 heterocycles. The molecule has 1 N–H and O–H groups in total. The van der Waals surface area contributed by atoms with Gasteiger partial charge in [0.05, 0.1) is 6.17 Å². The van der Waals surface area contributed by atoms with Crippen LogP contribution in [0.3, 0.4) is 0 Å². The van der Waals surface area contributed by atoms with Gasteiger partial charge in [-0.3, -0.25) is 9.69 Å². The van der Waals surface area contributed by atoms with Crippen molar-refractivity contribution in [3.8, 4) is 0 Å². The Balaban J connectivity index is 1.11. The van der Waals surface area contributed by atoms with E-state index in [2.05, 4.69) is 80.7 Å². The molecule has 4 aliphatic rings. The number of hydrogen-bond acceptors (Lipinski definition) is 4. The minimum atomic E-state index is -0.240. The molecule has 0 saturated carbocycles. The standard InChI is InChI=1S/C28H34N4O/c33-27-28(32-19-6-5-12-26(32)29-27)15-20-30(21-16-28)17-7-18-31-24-10-3-1-8-22(24)13-14-23-9-2-4-11-25(23)31/h1-4,8-11,13-14,26H,5-7,12,15-21H2,(H,29,33). The van der Waals surface area contributed by atoms with Crippen LogP contribution in [0.1, 0.15) is 49.7 Å². The number of likely N-dealkylation sites (tertiary alicyclic amines) is 1. The molecule has 172 valence electrons. The Morgan fingerprint density at radius 3 is 2.21 bits per heavy atom. The summed E-state index contributed by atoms with van der Waals surface area (Å²) in [6.07, 6.45) is 11.4. The fraction of sp³-hybridized carbons (Fsp3) is 0.464. The lowest BCUT2D eigenvalue weighted by molar-refractivity contribution is -0.129. The summed E-state index contributed by atoms with van der Waals surface area (Å²) in [5.41, 5.74) is 4.88. The second kappa shape index (κ2) is 8.62. The molecule has 1 amide bonds. The molecular formula is C28H34N4O. The molecule has 1 spiro atoms. The summed E-state index contributed by atoms with van der Waals surface area (Å²) in [6, 6.07) is 17.4. The number of nitrogens with zero attached hydrogens (tertiary/aromatic N) is 3. The van der Waals surface area contributed by atoms with Crippen LogP contribution < -0.4 is 10.2 Å². The zero-order chi connectivity index (χ0) is 22.3. The topological polar surface area (TPSA) is 38.8 Å². The molecule has 33 heavy (non-hydrogen) atoms. The van der Waals surface area contributed by atoms with E-state index in [9.17, 15) is 4.79 Å². The van der Waals surface area contributed by atoms with Gasteiger partial charge in [0.15, 0.2) is 0 Å². The summed E-state index contributed by atoms with van der Waals surface area (Å²) >= 11 is 0. The first kappa shape index (κ1) is 20.9. The Bertz CT molecular complexity index is 1010. The molecule has 0 bridgehead atoms. The highest BCUT2D eigenvalue weighted by atomic mass is 16.2. The molecule has 0 aliphatic carbocycles. The number of carbonyl (C=O) groups excluding carboxylic acids is 1. The van der Waals surface area contributed by atoms with Gasteiger partial charge in [-0.1, -0.05) is 48.6 Å². The Kier molecular flexibility index (Phi) is 5.47. The summed E-state index contributed by atoms with van der Waals surface area (Å²) in [6.45, 7) is 5.18. The van der Waals surface area contributed by atoms with Crippen molar-refractivity contribution in [3.05, 3.63) is 59.7 Å². The van der Waals surface area contributed by atoms with E-state index in [1.54, 1.807) is 0 Å². The number of para-hydroxylation sites is 2. The number of benzene rings is 2. The highest BCUT2D eigenvalue weighted by Gasteiger charge is 2.54. The van der Waals surface area contributed by atoms with Crippen LogP contribution in [0.2, 0.25) is 0 Å². The number of anilines is 2. The van der Waals surface area contributed by atoms with Gasteiger partial charge in [0.2, 0.25) is 5.91 Å². The average Bonchev–Trinajstić information content (AvgIpc) is 3.02. The third-order valence-electron chi connectivity index (χ3n) is 8.21. The fourth-order valence-corrected chi connectivity index (χ4v) is 6.42. The third-order valence-corrected chi connectivity index (χ3v) is 8.21. The van der Waals surface area contributed by atoms with Gasteiger partial charge in [0.1, 0.15) is 5.54 Å². The summed E-state index contributed by atoms with van der Waals surface area (Å²) in [5, 5.41) is 3.30. The average molecular weight is 443 g/mol. The van der Waals surface area contributed by atoms with Gasteiger partial charge < -0.3 is 15.1 Å². The van der Waals surface area contributed by atoms with Gasteiger partial charge in [-0.2, -0.15) is 0 Å². The van der Waals surface area contributed by atoms with Crippen LogP contribution in [0.4, 0.5) is 11.4 Å². The zero-order valence-electron chi connectivity index (χ0n) is 19.4. The lowest BCUT2D eigenvalue weighted by atomic mass is 9.85. The molecule has 3 fully saturated rings. The van der Waals surface area contributed by atoms with Crippen LogP contribution >= 0.6 is 0 Å². The summed E-state index contributed by atoms with van der Waals surface area (Å²) < 4.78 is 0. The SMILES string of the molecule is O=C1NC2CCCCN2C12CCN(CCCN1c3ccccc3C=Cc3ccccc31)CC2. The molecule has 4 aliphatic heterocycles. The normalized spacial score (nSPS) is 24.2. The predicted octanol–water partition coefficient (Wildman–Crippen LogP) is 4.48. The third kappa shape index (κ3) is 3.68. The predicted molar refractivity (Wildman–Crippen MR) is 134 cm³/mol. The summed E-state index contributed by atoms with van der Waals surface area (Å²) in [4.78, 5) is 20.5. The van der Waals surface area contributed by atoms with E-state index in [1.807, 2.05) is 0 Å². The highest BCUT2D eigenvalue weighted by Crippen LogP contribution is 2.39. The Morgan fingerprint density at radius 1 is 0.848 bits per heavy atom. The Hall–Kier alpha value is -2.63. The van der Waals surface area contributed by atoms with Crippen molar-refractivity contribution < 1.29 is 4.79 Å². The summed E-state index contributed by atoms with van der Waals surface area (Å²) in [7, 11) is 0. The fourth-order valence-electron chi connectivity index (χ4n) is 6.42. The van der Waals surface area contributed by atoms with Gasteiger partial charge >= 0.3 is 0 Å². The van der Waals surface area contributed by atoms with Gasteiger partial charge in [0.25, 0.3) is 0 Å². The van der Waals surface area contributed by atoms with E-state index in [1.165, 1.54) is 35.3 Å². The molecule has 1 unspecified atom stereocenters. The molecular weight excluding hydrogens is 408 g/mol. The van der Waals surface area contributed by atoms with Crippen molar-refractivity contribution in [2.45, 2.75) is 50.2 Å². The molecule has 1 atom stereocenters. The van der Waals surface area contributed by atoms with Crippen molar-refractivity contribution in [2.24, 2.45) is 0 Å². The lowest BCUT2D eigenvalue weighted by Gasteiger charge is -2.45. The highest BCUT2D eigenvalue weighted by molar-refractivity contribution is 5.89. The molecule has 2 aromatic rings. The van der Waals surface area contributed by atoms with Crippen molar-refractivity contribution in [3.63, 3.8) is 0 Å². The minimum Gasteiger partial charge on any atom is -0.340 e. The number of rotatable bonds is 4. The Labute approximate surface area is 197 Å². The van der Waals surface area contributed by atoms with Crippen LogP contribution in [0.15, 0.2) is 48.5 Å². The van der Waals surface area contributed by atoms with Crippen LogP contribution in [0.5, 0.6) is 0 Å². The van der Waals surface area contributed by atoms with Crippen molar-refractivity contribution >= 4 is 29.4 Å². The first-order chi connectivity index (χ1) is 16.2. The van der Waals surface area contributed by atoms with Crippen molar-refractivity contribution in [1.82, 2.24) is 15.1 Å². The van der Waals surface area contributed by atoms with Gasteiger partial charge in [-0.15, -0.1) is 0 Å². The molecule has 6 rings (SSSR count). The number of hydrogen-bond donors (Lipinski definition) is 1. The van der Waals surface area contributed by atoms with Crippen LogP contribution in [0, 0.1) is 0 Å². The van der Waals surface area contributed by atoms with E-state index in [-0.39, 0.29) is 11.7 Å². The number of fused-ring (bicyclic) bond motifs is 4. The lowest BCUT2D eigenvalue weighted by Crippen LogP contribution is -2.58. The quantitative estimate of drug-likeness (QED) is 0.758. The largest absolute Gasteiger partial charge is 0.340 e. The molecule has 5 heteroatoms. The van der Waals surface area contributed by atoms with Crippen LogP contribution in [-0.4, -0.2) is 60.1 Å². The monoisotopic (exact) mass is 442 g/mol. The van der Waals surface area contributed by atoms with E-state index in [0.717, 1.165) is 58.4 Å². The number of piperidine rings is 2. The molecule has 2 aromatic carbocycles. The second-order valence-corrected chi connectivity index (χ2v) is 10.0. The molecule has 5 nitrogen and oxygen atoms in total. The van der Waals surface area contributed by atoms with Gasteiger partial charge in [0, 0.05) is 37.6 Å². The first-order valence-corrected chi connectivity index (χ1v) is 12.7. The van der Waals surface area contributed by atoms with E-state index in [0.29, 0.717) is 5.91 Å². The Morgan fingerprint density at radius 2 is 1.52 bits per heavy atom. The van der Waals surface area contributed by atoms with Crippen molar-refractivity contribution in [2.75, 3.05) is 37.6 Å². The van der Waals surface area contributed by atoms with Gasteiger partial charge in [-0.05, 0) is 68.3 Å². The number of carbonyl (C=O) groups is 1. The second-order valence-electron chi connectivity index (χ2n) is 10.0. The van der Waals surface area contributed by atoms with Crippen molar-refractivity contribution in [1.29, 1.82) is 0 Å². The number of amides is 1. The van der Waals surface area contributed by atoms with Gasteiger partial charge in [-0.25, -0.2) is 0 Å². The van der Waals surface area contributed by atoms with E-state index < -0.39 is 0 Å². The first-order valence-electron chi connectivity index (χ1n) is 12.7. The maximum absolute atomic E-state index is 12.9. The summed E-state index contributed by atoms with van der Waals surface area (Å²) in [5.74, 6) is 0.291. The van der Waals surface area contributed by atoms with Crippen LogP contribution in [-0.2, 0) is 4.79 Å². The van der Waals surface area contributed by atoms with Crippen LogP contribution in [0.25, 0.3) is 12.2 Å². The molecule has 0 aromatic heterocycles. The molecule has 3 saturated heterocycles. The van der Waals surface area contributed by atoms with E-state index >= 15 is 0 Å². The number of nitrogens with one attached hydrogen (secondary N) is 1. The smallest absolute Gasteiger partial charge is 0.241 e. The molecule has 0 radical (unpaired) electrons.